The van der Waals surface area contributed by atoms with E-state index in [1.54, 1.807) is 67.8 Å². The van der Waals surface area contributed by atoms with Crippen molar-refractivity contribution in [2.24, 2.45) is 0 Å². The van der Waals surface area contributed by atoms with Gasteiger partial charge >= 0.3 is 0 Å². The van der Waals surface area contributed by atoms with E-state index in [2.05, 4.69) is 22.9 Å². The van der Waals surface area contributed by atoms with E-state index in [4.69, 9.17) is 9.47 Å². The first-order valence-corrected chi connectivity index (χ1v) is 15.0. The summed E-state index contributed by atoms with van der Waals surface area (Å²) in [6.07, 6.45) is 2.40. The molecule has 0 aliphatic rings. The monoisotopic (exact) mass is 609 g/mol. The van der Waals surface area contributed by atoms with Gasteiger partial charge in [0.05, 0.1) is 20.0 Å². The first kappa shape index (κ1) is 31.9. The number of amides is 3. The topological polar surface area (TPSA) is 106 Å². The third kappa shape index (κ3) is 8.52. The summed E-state index contributed by atoms with van der Waals surface area (Å²) in [4.78, 5) is 39.9. The quantitative estimate of drug-likeness (QED) is 0.122. The number of hydrogen-bond donors (Lipinski definition) is 3. The highest BCUT2D eigenvalue weighted by Crippen LogP contribution is 2.29. The second kappa shape index (κ2) is 15.5. The lowest BCUT2D eigenvalue weighted by Gasteiger charge is -2.13. The van der Waals surface area contributed by atoms with Crippen molar-refractivity contribution in [2.45, 2.75) is 25.2 Å². The molecule has 3 amide bonds. The molecule has 8 nitrogen and oxygen atoms in total. The summed E-state index contributed by atoms with van der Waals surface area (Å²) < 4.78 is 10.7. The van der Waals surface area contributed by atoms with Gasteiger partial charge in [0, 0.05) is 21.8 Å². The number of hydrogen-bond acceptors (Lipinski definition) is 6. The molecule has 0 saturated carbocycles. The van der Waals surface area contributed by atoms with Crippen LogP contribution in [0, 0.1) is 6.92 Å². The zero-order valence-corrected chi connectivity index (χ0v) is 25.9. The van der Waals surface area contributed by atoms with E-state index in [-0.39, 0.29) is 17.4 Å². The van der Waals surface area contributed by atoms with E-state index in [0.717, 1.165) is 28.1 Å². The lowest BCUT2D eigenvalue weighted by molar-refractivity contribution is -0.114. The van der Waals surface area contributed by atoms with E-state index in [1.165, 1.54) is 18.9 Å². The third-order valence-electron chi connectivity index (χ3n) is 6.73. The van der Waals surface area contributed by atoms with Gasteiger partial charge in [0.2, 0.25) is 5.91 Å². The second-order valence-corrected chi connectivity index (χ2v) is 10.8. The molecule has 0 spiro atoms. The molecule has 4 aromatic rings. The van der Waals surface area contributed by atoms with Gasteiger partial charge < -0.3 is 25.4 Å². The molecule has 4 aromatic carbocycles. The van der Waals surface area contributed by atoms with Crippen LogP contribution >= 0.6 is 11.8 Å². The molecule has 44 heavy (non-hydrogen) atoms. The van der Waals surface area contributed by atoms with Gasteiger partial charge in [-0.1, -0.05) is 49.4 Å². The Labute approximate surface area is 261 Å². The van der Waals surface area contributed by atoms with Crippen LogP contribution < -0.4 is 25.4 Å². The standard InChI is InChI=1S/C35H35N3O5S/c1-5-25-13-9-10-23(2)33(25)38-32(39)22-44-28-17-15-27(16-18-28)36-35(41)29(37-34(40)26-11-7-6-8-12-26)20-24-14-19-30(42-3)31(21-24)43-4/h6-21H,5,22H2,1-4H3,(H,36,41)(H,37,40)(H,38,39)/b29-20-. The molecular weight excluding hydrogens is 574 g/mol. The fourth-order valence-electron chi connectivity index (χ4n) is 4.41. The first-order chi connectivity index (χ1) is 21.3. The summed E-state index contributed by atoms with van der Waals surface area (Å²) >= 11 is 1.40. The molecule has 0 aliphatic carbocycles. The highest BCUT2D eigenvalue weighted by molar-refractivity contribution is 8.00. The number of ether oxygens (including phenoxy) is 2. The minimum Gasteiger partial charge on any atom is -0.493 e. The number of benzene rings is 4. The van der Waals surface area contributed by atoms with Crippen LogP contribution in [-0.2, 0) is 16.0 Å². The van der Waals surface area contributed by atoms with Crippen LogP contribution in [0.1, 0.15) is 34.0 Å². The van der Waals surface area contributed by atoms with Crippen LogP contribution in [0.3, 0.4) is 0 Å². The molecule has 0 aliphatic heterocycles. The van der Waals surface area contributed by atoms with Crippen molar-refractivity contribution in [1.29, 1.82) is 0 Å². The van der Waals surface area contributed by atoms with Gasteiger partial charge in [-0.15, -0.1) is 11.8 Å². The Morgan fingerprint density at radius 1 is 0.818 bits per heavy atom. The average Bonchev–Trinajstić information content (AvgIpc) is 3.05. The Balaban J connectivity index is 1.45. The molecule has 0 bridgehead atoms. The van der Waals surface area contributed by atoms with Gasteiger partial charge in [0.25, 0.3) is 11.8 Å². The van der Waals surface area contributed by atoms with Gasteiger partial charge in [-0.25, -0.2) is 0 Å². The summed E-state index contributed by atoms with van der Waals surface area (Å²) in [6.45, 7) is 4.04. The van der Waals surface area contributed by atoms with Crippen molar-refractivity contribution >= 4 is 46.9 Å². The summed E-state index contributed by atoms with van der Waals surface area (Å²) in [5, 5.41) is 8.62. The summed E-state index contributed by atoms with van der Waals surface area (Å²) in [5.41, 5.74) is 4.62. The molecule has 9 heteroatoms. The van der Waals surface area contributed by atoms with Crippen LogP contribution in [0.2, 0.25) is 0 Å². The Bertz CT molecular complexity index is 1650. The highest BCUT2D eigenvalue weighted by atomic mass is 32.2. The van der Waals surface area contributed by atoms with E-state index in [0.29, 0.717) is 28.3 Å². The number of carbonyl (C=O) groups is 3. The maximum Gasteiger partial charge on any atom is 0.272 e. The van der Waals surface area contributed by atoms with Crippen molar-refractivity contribution in [3.63, 3.8) is 0 Å². The zero-order valence-electron chi connectivity index (χ0n) is 25.1. The summed E-state index contributed by atoms with van der Waals surface area (Å²) in [7, 11) is 3.06. The zero-order chi connectivity index (χ0) is 31.5. The number of carbonyl (C=O) groups excluding carboxylic acids is 3. The Kier molecular flexibility index (Phi) is 11.2. The van der Waals surface area contributed by atoms with Gasteiger partial charge in [-0.05, 0) is 84.6 Å². The van der Waals surface area contributed by atoms with Crippen LogP contribution in [0.4, 0.5) is 11.4 Å². The van der Waals surface area contributed by atoms with Gasteiger partial charge in [0.1, 0.15) is 5.70 Å². The Morgan fingerprint density at radius 3 is 2.23 bits per heavy atom. The van der Waals surface area contributed by atoms with E-state index >= 15 is 0 Å². The number of aryl methyl sites for hydroxylation is 2. The lowest BCUT2D eigenvalue weighted by atomic mass is 10.1. The summed E-state index contributed by atoms with van der Waals surface area (Å²) in [6, 6.07) is 27.0. The van der Waals surface area contributed by atoms with Gasteiger partial charge in [-0.3, -0.25) is 14.4 Å². The van der Waals surface area contributed by atoms with Crippen molar-refractivity contribution in [2.75, 3.05) is 30.6 Å². The predicted octanol–water partition coefficient (Wildman–Crippen LogP) is 6.72. The van der Waals surface area contributed by atoms with Crippen molar-refractivity contribution in [3.05, 3.63) is 119 Å². The molecule has 0 aromatic heterocycles. The lowest BCUT2D eigenvalue weighted by Crippen LogP contribution is -2.30. The number of anilines is 2. The molecule has 0 saturated heterocycles. The molecule has 4 rings (SSSR count). The number of nitrogens with one attached hydrogen (secondary N) is 3. The van der Waals surface area contributed by atoms with E-state index in [9.17, 15) is 14.4 Å². The molecule has 226 valence electrons. The molecule has 0 radical (unpaired) electrons. The van der Waals surface area contributed by atoms with Crippen molar-refractivity contribution < 1.29 is 23.9 Å². The number of rotatable bonds is 12. The third-order valence-corrected chi connectivity index (χ3v) is 7.75. The molecule has 0 atom stereocenters. The minimum absolute atomic E-state index is 0.0452. The van der Waals surface area contributed by atoms with Crippen molar-refractivity contribution in [3.8, 4) is 11.5 Å². The number of thioether (sulfide) groups is 1. The largest absolute Gasteiger partial charge is 0.493 e. The Hall–Kier alpha value is -5.02. The maximum absolute atomic E-state index is 13.4. The van der Waals surface area contributed by atoms with Crippen LogP contribution in [0.25, 0.3) is 6.08 Å². The van der Waals surface area contributed by atoms with Crippen LogP contribution in [-0.4, -0.2) is 37.7 Å². The smallest absolute Gasteiger partial charge is 0.272 e. The number of methoxy groups -OCH3 is 2. The van der Waals surface area contributed by atoms with Crippen LogP contribution in [0.15, 0.2) is 102 Å². The number of para-hydroxylation sites is 1. The van der Waals surface area contributed by atoms with Gasteiger partial charge in [0.15, 0.2) is 11.5 Å². The highest BCUT2D eigenvalue weighted by Gasteiger charge is 2.16. The first-order valence-electron chi connectivity index (χ1n) is 14.0. The van der Waals surface area contributed by atoms with Gasteiger partial charge in [-0.2, -0.15) is 0 Å². The average molecular weight is 610 g/mol. The van der Waals surface area contributed by atoms with E-state index in [1.807, 2.05) is 43.3 Å². The fraction of sp³-hybridized carbons (Fsp3) is 0.171. The van der Waals surface area contributed by atoms with E-state index < -0.39 is 11.8 Å². The second-order valence-electron chi connectivity index (χ2n) is 9.77. The van der Waals surface area contributed by atoms with Crippen LogP contribution in [0.5, 0.6) is 11.5 Å². The molecule has 0 heterocycles. The predicted molar refractivity (Wildman–Crippen MR) is 176 cm³/mol. The molecule has 0 unspecified atom stereocenters. The molecule has 0 fully saturated rings. The summed E-state index contributed by atoms with van der Waals surface area (Å²) in [5.74, 6) is 0.258. The molecule has 3 N–H and O–H groups in total. The normalized spacial score (nSPS) is 11.0. The SMILES string of the molecule is CCc1cccc(C)c1NC(=O)CSc1ccc(NC(=O)/C(=C/c2ccc(OC)c(OC)c2)NC(=O)c2ccccc2)cc1. The fourth-order valence-corrected chi connectivity index (χ4v) is 5.11. The molecular formula is C35H35N3O5S. The minimum atomic E-state index is -0.506. The van der Waals surface area contributed by atoms with Crippen molar-refractivity contribution in [1.82, 2.24) is 5.32 Å². The Morgan fingerprint density at radius 2 is 1.55 bits per heavy atom. The maximum atomic E-state index is 13.4.